The van der Waals surface area contributed by atoms with Crippen LogP contribution in [-0.4, -0.2) is 33.1 Å². The first-order valence-corrected chi connectivity index (χ1v) is 11.0. The quantitative estimate of drug-likeness (QED) is 0.602. The minimum atomic E-state index is -4.43. The van der Waals surface area contributed by atoms with Gasteiger partial charge in [0.2, 0.25) is 15.9 Å². The van der Waals surface area contributed by atoms with Crippen molar-refractivity contribution >= 4 is 15.9 Å². The average molecular weight is 459 g/mol. The number of rotatable bonds is 9. The largest absolute Gasteiger partial charge is 0.484 e. The Morgan fingerprint density at radius 3 is 2.13 bits per heavy atom. The molecule has 1 amide bonds. The van der Waals surface area contributed by atoms with Crippen molar-refractivity contribution in [3.63, 3.8) is 0 Å². The lowest BCUT2D eigenvalue weighted by molar-refractivity contribution is -0.153. The monoisotopic (exact) mass is 458 g/mol. The Kier molecular flexibility index (Phi) is 8.08. The summed E-state index contributed by atoms with van der Waals surface area (Å²) in [6.07, 6.45) is -4.43. The van der Waals surface area contributed by atoms with E-state index < -0.39 is 34.8 Å². The van der Waals surface area contributed by atoms with Crippen LogP contribution in [0.3, 0.4) is 0 Å². The Hall–Kier alpha value is -2.59. The van der Waals surface area contributed by atoms with E-state index in [0.717, 1.165) is 5.56 Å². The Morgan fingerprint density at radius 2 is 1.61 bits per heavy atom. The smallest absolute Gasteiger partial charge is 0.422 e. The standard InChI is InChI=1S/C21H25F3N2O4S/c1-14(2)19(26-31(28,29)18-10-4-15(3)5-11-18)20(27)25-12-16-6-8-17(9-7-16)30-13-21(22,23)24/h4-11,14,19,26H,12-13H2,1-3H3,(H,25,27). The fraction of sp³-hybridized carbons (Fsp3) is 0.381. The minimum Gasteiger partial charge on any atom is -0.484 e. The fourth-order valence-corrected chi connectivity index (χ4v) is 3.96. The summed E-state index contributed by atoms with van der Waals surface area (Å²) in [5.41, 5.74) is 1.53. The normalized spacial score (nSPS) is 13.1. The molecule has 6 nitrogen and oxygen atoms in total. The van der Waals surface area contributed by atoms with Crippen molar-refractivity contribution in [2.75, 3.05) is 6.61 Å². The molecule has 0 spiro atoms. The van der Waals surface area contributed by atoms with E-state index >= 15 is 0 Å². The first-order chi connectivity index (χ1) is 14.4. The predicted octanol–water partition coefficient (Wildman–Crippen LogP) is 3.56. The summed E-state index contributed by atoms with van der Waals surface area (Å²) in [4.78, 5) is 12.7. The molecule has 0 aliphatic heterocycles. The van der Waals surface area contributed by atoms with Crippen molar-refractivity contribution in [2.45, 2.75) is 44.4 Å². The number of halogens is 3. The van der Waals surface area contributed by atoms with Gasteiger partial charge in [0.25, 0.3) is 0 Å². The van der Waals surface area contributed by atoms with Crippen molar-refractivity contribution in [1.29, 1.82) is 0 Å². The Bertz CT molecular complexity index is 973. The highest BCUT2D eigenvalue weighted by Crippen LogP contribution is 2.19. The molecule has 0 aromatic heterocycles. The molecule has 0 bridgehead atoms. The third-order valence-corrected chi connectivity index (χ3v) is 5.81. The van der Waals surface area contributed by atoms with Gasteiger partial charge in [0.15, 0.2) is 6.61 Å². The van der Waals surface area contributed by atoms with E-state index in [1.807, 2.05) is 6.92 Å². The summed E-state index contributed by atoms with van der Waals surface area (Å²) in [6.45, 7) is 3.96. The fourth-order valence-electron chi connectivity index (χ4n) is 2.61. The van der Waals surface area contributed by atoms with Crippen LogP contribution in [-0.2, 0) is 21.4 Å². The number of amides is 1. The van der Waals surface area contributed by atoms with Crippen LogP contribution in [0.1, 0.15) is 25.0 Å². The van der Waals surface area contributed by atoms with Crippen molar-refractivity contribution in [3.8, 4) is 5.75 Å². The number of hydrogen-bond acceptors (Lipinski definition) is 4. The molecule has 0 saturated heterocycles. The van der Waals surface area contributed by atoms with Gasteiger partial charge in [0, 0.05) is 6.54 Å². The molecule has 2 aromatic carbocycles. The second-order valence-corrected chi connectivity index (χ2v) is 9.14. The van der Waals surface area contributed by atoms with Gasteiger partial charge < -0.3 is 10.1 Å². The summed E-state index contributed by atoms with van der Waals surface area (Å²) in [6, 6.07) is 11.0. The van der Waals surface area contributed by atoms with Crippen LogP contribution in [0, 0.1) is 12.8 Å². The first kappa shape index (κ1) is 24.7. The molecule has 0 aliphatic rings. The van der Waals surface area contributed by atoms with Crippen LogP contribution < -0.4 is 14.8 Å². The van der Waals surface area contributed by atoms with E-state index in [1.54, 1.807) is 26.0 Å². The maximum absolute atomic E-state index is 12.6. The van der Waals surface area contributed by atoms with E-state index in [9.17, 15) is 26.4 Å². The van der Waals surface area contributed by atoms with Gasteiger partial charge in [-0.15, -0.1) is 0 Å². The molecular weight excluding hydrogens is 433 g/mol. The molecule has 0 aliphatic carbocycles. The summed E-state index contributed by atoms with van der Waals surface area (Å²) in [5, 5.41) is 2.65. The molecule has 1 unspecified atom stereocenters. The maximum Gasteiger partial charge on any atom is 0.422 e. The molecule has 2 aromatic rings. The number of carbonyl (C=O) groups excluding carboxylic acids is 1. The number of carbonyl (C=O) groups is 1. The molecule has 0 saturated carbocycles. The Morgan fingerprint density at radius 1 is 1.03 bits per heavy atom. The topological polar surface area (TPSA) is 84.5 Å². The molecule has 1 atom stereocenters. The zero-order chi connectivity index (χ0) is 23.2. The van der Waals surface area contributed by atoms with Gasteiger partial charge in [-0.3, -0.25) is 4.79 Å². The van der Waals surface area contributed by atoms with Crippen molar-refractivity contribution in [2.24, 2.45) is 5.92 Å². The van der Waals surface area contributed by atoms with E-state index in [1.165, 1.54) is 36.4 Å². The Labute approximate surface area is 179 Å². The highest BCUT2D eigenvalue weighted by Gasteiger charge is 2.29. The van der Waals surface area contributed by atoms with Gasteiger partial charge in [0.05, 0.1) is 4.90 Å². The molecule has 10 heteroatoms. The first-order valence-electron chi connectivity index (χ1n) is 9.52. The number of aryl methyl sites for hydroxylation is 1. The zero-order valence-corrected chi connectivity index (χ0v) is 18.2. The van der Waals surface area contributed by atoms with Gasteiger partial charge >= 0.3 is 6.18 Å². The lowest BCUT2D eigenvalue weighted by Gasteiger charge is -2.22. The maximum atomic E-state index is 12.6. The molecule has 31 heavy (non-hydrogen) atoms. The summed E-state index contributed by atoms with van der Waals surface area (Å²) in [5.74, 6) is -0.778. The number of ether oxygens (including phenoxy) is 1. The SMILES string of the molecule is Cc1ccc(S(=O)(=O)NC(C(=O)NCc2ccc(OCC(F)(F)F)cc2)C(C)C)cc1. The molecular formula is C21H25F3N2O4S. The van der Waals surface area contributed by atoms with Crippen LogP contribution in [0.4, 0.5) is 13.2 Å². The lowest BCUT2D eigenvalue weighted by Crippen LogP contribution is -2.49. The van der Waals surface area contributed by atoms with Gasteiger partial charge in [-0.1, -0.05) is 43.7 Å². The summed E-state index contributed by atoms with van der Waals surface area (Å²) < 4.78 is 68.9. The number of sulfonamides is 1. The van der Waals surface area contributed by atoms with Gasteiger partial charge in [-0.2, -0.15) is 17.9 Å². The molecule has 170 valence electrons. The van der Waals surface area contributed by atoms with Crippen molar-refractivity contribution in [1.82, 2.24) is 10.0 Å². The highest BCUT2D eigenvalue weighted by atomic mass is 32.2. The van der Waals surface area contributed by atoms with Crippen LogP contribution in [0.25, 0.3) is 0 Å². The number of hydrogen-bond donors (Lipinski definition) is 2. The third-order valence-electron chi connectivity index (χ3n) is 4.36. The zero-order valence-electron chi connectivity index (χ0n) is 17.4. The average Bonchev–Trinajstić information content (AvgIpc) is 2.69. The van der Waals surface area contributed by atoms with Gasteiger partial charge in [-0.25, -0.2) is 8.42 Å². The molecule has 0 fully saturated rings. The second-order valence-electron chi connectivity index (χ2n) is 7.42. The van der Waals surface area contributed by atoms with Crippen LogP contribution >= 0.6 is 0 Å². The Balaban J connectivity index is 1.99. The van der Waals surface area contributed by atoms with E-state index in [-0.39, 0.29) is 23.1 Å². The van der Waals surface area contributed by atoms with E-state index in [0.29, 0.717) is 5.56 Å². The number of nitrogens with one attached hydrogen (secondary N) is 2. The molecule has 2 N–H and O–H groups in total. The van der Waals surface area contributed by atoms with Crippen molar-refractivity contribution < 1.29 is 31.1 Å². The van der Waals surface area contributed by atoms with E-state index in [2.05, 4.69) is 14.8 Å². The predicted molar refractivity (Wildman–Crippen MR) is 110 cm³/mol. The second kappa shape index (κ2) is 10.1. The van der Waals surface area contributed by atoms with E-state index in [4.69, 9.17) is 0 Å². The highest BCUT2D eigenvalue weighted by molar-refractivity contribution is 7.89. The number of benzene rings is 2. The van der Waals surface area contributed by atoms with Crippen LogP contribution in [0.2, 0.25) is 0 Å². The number of alkyl halides is 3. The van der Waals surface area contributed by atoms with Crippen LogP contribution in [0.15, 0.2) is 53.4 Å². The summed E-state index contributed by atoms with van der Waals surface area (Å²) >= 11 is 0. The minimum absolute atomic E-state index is 0.0540. The molecule has 2 rings (SSSR count). The lowest BCUT2D eigenvalue weighted by atomic mass is 10.0. The summed E-state index contributed by atoms with van der Waals surface area (Å²) in [7, 11) is -3.89. The van der Waals surface area contributed by atoms with Crippen molar-refractivity contribution in [3.05, 3.63) is 59.7 Å². The van der Waals surface area contributed by atoms with Crippen LogP contribution in [0.5, 0.6) is 5.75 Å². The molecule has 0 radical (unpaired) electrons. The van der Waals surface area contributed by atoms with Gasteiger partial charge in [-0.05, 0) is 42.7 Å². The third kappa shape index (κ3) is 7.87. The molecule has 0 heterocycles. The van der Waals surface area contributed by atoms with Gasteiger partial charge in [0.1, 0.15) is 11.8 Å².